The van der Waals surface area contributed by atoms with Gasteiger partial charge in [0.1, 0.15) is 0 Å². The van der Waals surface area contributed by atoms with E-state index in [2.05, 4.69) is 138 Å². The summed E-state index contributed by atoms with van der Waals surface area (Å²) in [5.41, 5.74) is 1.41. The number of rotatable bonds is 7. The van der Waals surface area contributed by atoms with Crippen LogP contribution in [-0.2, 0) is 6.42 Å². The molecule has 4 aromatic carbocycles. The first-order chi connectivity index (χ1) is 14.7. The van der Waals surface area contributed by atoms with Crippen molar-refractivity contribution in [1.29, 1.82) is 0 Å². The van der Waals surface area contributed by atoms with E-state index in [1.807, 2.05) is 0 Å². The fourth-order valence-corrected chi connectivity index (χ4v) is 11.9. The van der Waals surface area contributed by atoms with Gasteiger partial charge in [-0.1, -0.05) is 0 Å². The van der Waals surface area contributed by atoms with Crippen molar-refractivity contribution in [2.75, 3.05) is 0 Å². The minimum absolute atomic E-state index is 1.14. The molecule has 4 rings (SSSR count). The van der Waals surface area contributed by atoms with E-state index < -0.39 is 5.31 Å². The number of benzene rings is 4. The van der Waals surface area contributed by atoms with Crippen LogP contribution in [0.15, 0.2) is 115 Å². The van der Waals surface area contributed by atoms with Crippen molar-refractivity contribution in [2.45, 2.75) is 26.2 Å². The van der Waals surface area contributed by atoms with E-state index in [1.165, 1.54) is 39.6 Å². The summed E-state index contributed by atoms with van der Waals surface area (Å²) >= 11 is 4.53. The maximum absolute atomic E-state index is 4.53. The van der Waals surface area contributed by atoms with E-state index in [0.29, 0.717) is 0 Å². The predicted octanol–water partition coefficient (Wildman–Crippen LogP) is 6.49. The van der Waals surface area contributed by atoms with E-state index in [0.717, 1.165) is 6.42 Å². The van der Waals surface area contributed by atoms with Crippen LogP contribution in [0.2, 0.25) is 0 Å². The molecular weight excluding hydrogens is 447 g/mol. The van der Waals surface area contributed by atoms with Crippen molar-refractivity contribution in [1.82, 2.24) is 0 Å². The monoisotopic (exact) mass is 474 g/mol. The molecule has 0 aliphatic rings. The van der Waals surface area contributed by atoms with Gasteiger partial charge in [0.2, 0.25) is 0 Å². The molecule has 0 saturated heterocycles. The van der Waals surface area contributed by atoms with Crippen molar-refractivity contribution in [3.05, 3.63) is 121 Å². The van der Waals surface area contributed by atoms with Crippen molar-refractivity contribution in [3.8, 4) is 0 Å². The molecule has 0 nitrogen and oxygen atoms in total. The van der Waals surface area contributed by atoms with Crippen molar-refractivity contribution in [2.24, 2.45) is 0 Å². The van der Waals surface area contributed by atoms with Crippen LogP contribution in [0.1, 0.15) is 25.3 Å². The predicted molar refractivity (Wildman–Crippen MR) is 139 cm³/mol. The summed E-state index contributed by atoms with van der Waals surface area (Å²) in [6.45, 7) is 2.25. The molecule has 0 heterocycles. The van der Waals surface area contributed by atoms with Crippen molar-refractivity contribution >= 4 is 42.0 Å². The Kier molecular flexibility index (Phi) is 6.23. The Balaban J connectivity index is 2.07. The zero-order chi connectivity index (χ0) is 20.9. The molecule has 0 saturated carbocycles. The molecule has 30 heavy (non-hydrogen) atoms. The van der Waals surface area contributed by atoms with E-state index in [4.69, 9.17) is 0 Å². The molecule has 0 radical (unpaired) electrons. The molecule has 0 amide bonds. The molecule has 0 spiro atoms. The summed E-state index contributed by atoms with van der Waals surface area (Å²) in [7, 11) is 0. The Labute approximate surface area is 188 Å². The Bertz CT molecular complexity index is 974. The van der Waals surface area contributed by atoms with Crippen LogP contribution in [0.5, 0.6) is 0 Å². The molecule has 0 bridgehead atoms. The van der Waals surface area contributed by atoms with Gasteiger partial charge in [-0.2, -0.15) is 0 Å². The topological polar surface area (TPSA) is 0 Å². The number of aryl methyl sites for hydroxylation is 1. The third-order valence-electron chi connectivity index (χ3n) is 5.96. The first-order valence-corrected chi connectivity index (χ1v) is 14.9. The molecule has 2 heteroatoms. The van der Waals surface area contributed by atoms with Gasteiger partial charge in [0, 0.05) is 0 Å². The molecule has 0 atom stereocenters. The number of unbranched alkanes of at least 4 members (excludes halogenated alkanes) is 1. The van der Waals surface area contributed by atoms with E-state index >= 15 is 0 Å². The van der Waals surface area contributed by atoms with Crippen molar-refractivity contribution < 1.29 is 0 Å². The van der Waals surface area contributed by atoms with Crippen LogP contribution < -0.4 is 21.2 Å². The van der Waals surface area contributed by atoms with Crippen LogP contribution in [-0.4, -0.2) is 0 Å². The van der Waals surface area contributed by atoms with Crippen LogP contribution in [0.3, 0.4) is 0 Å². The summed E-state index contributed by atoms with van der Waals surface area (Å²) in [4.78, 5) is 0. The Morgan fingerprint density at radius 1 is 0.533 bits per heavy atom. The quantitative estimate of drug-likeness (QED) is 0.268. The summed E-state index contributed by atoms with van der Waals surface area (Å²) < 4.78 is 0. The van der Waals surface area contributed by atoms with Gasteiger partial charge in [-0.15, -0.1) is 0 Å². The second-order valence-corrected chi connectivity index (χ2v) is 16.1. The average molecular weight is 475 g/mol. The third kappa shape index (κ3) is 3.45. The van der Waals surface area contributed by atoms with Crippen LogP contribution >= 0.6 is 20.8 Å². The summed E-state index contributed by atoms with van der Waals surface area (Å²) in [5.74, 6) is 0. The molecule has 152 valence electrons. The van der Waals surface area contributed by atoms with E-state index in [-0.39, 0.29) is 0 Å². The van der Waals surface area contributed by atoms with Gasteiger partial charge in [0.25, 0.3) is 0 Å². The zero-order valence-corrected chi connectivity index (χ0v) is 19.9. The van der Waals surface area contributed by atoms with Gasteiger partial charge in [0.15, 0.2) is 0 Å². The average Bonchev–Trinajstić information content (AvgIpc) is 2.84. The van der Waals surface area contributed by atoms with Gasteiger partial charge in [-0.25, -0.2) is 0 Å². The Morgan fingerprint density at radius 3 is 1.27 bits per heavy atom. The summed E-state index contributed by atoms with van der Waals surface area (Å²) in [6.07, 6.45) is 3.59. The normalized spacial score (nSPS) is 12.8. The third-order valence-corrected chi connectivity index (χ3v) is 15.9. The van der Waals surface area contributed by atoms with Gasteiger partial charge in [0.05, 0.1) is 0 Å². The first-order valence-electron chi connectivity index (χ1n) is 10.7. The van der Waals surface area contributed by atoms with E-state index in [1.54, 1.807) is 0 Å². The maximum atomic E-state index is 4.53. The SMILES string of the molecule is CCCCc1ccc(P(Br)(c2ccccc2)(c2ccccc2)c2ccccc2)cc1. The number of halogens is 1. The number of hydrogen-bond donors (Lipinski definition) is 0. The second kappa shape index (κ2) is 8.88. The molecule has 0 N–H and O–H groups in total. The van der Waals surface area contributed by atoms with E-state index in [9.17, 15) is 0 Å². The second-order valence-electron chi connectivity index (χ2n) is 7.79. The summed E-state index contributed by atoms with van der Waals surface area (Å²) in [5, 5.41) is 2.24. The minimum atomic E-state index is -3.06. The van der Waals surface area contributed by atoms with Gasteiger partial charge in [-0.05, 0) is 0 Å². The summed E-state index contributed by atoms with van der Waals surface area (Å²) in [6, 6.07) is 42.2. The van der Waals surface area contributed by atoms with Crippen LogP contribution in [0, 0.1) is 0 Å². The Hall–Kier alpha value is -2.21. The molecule has 0 aromatic heterocycles. The van der Waals surface area contributed by atoms with Gasteiger partial charge < -0.3 is 0 Å². The van der Waals surface area contributed by atoms with Crippen LogP contribution in [0.4, 0.5) is 0 Å². The fourth-order valence-electron chi connectivity index (χ4n) is 4.34. The first kappa shape index (κ1) is 21.0. The molecule has 0 fully saturated rings. The molecular formula is C28H28BrP. The Morgan fingerprint density at radius 2 is 0.900 bits per heavy atom. The number of hydrogen-bond acceptors (Lipinski definition) is 0. The van der Waals surface area contributed by atoms with Crippen molar-refractivity contribution in [3.63, 3.8) is 0 Å². The van der Waals surface area contributed by atoms with Gasteiger partial charge in [-0.3, -0.25) is 0 Å². The standard InChI is InChI=1S/C28H28BrP/c1-2-3-13-24-20-22-28(23-21-24)30(29,25-14-7-4-8-15-25,26-16-9-5-10-17-26)27-18-11-6-12-19-27/h4-12,14-23H,2-3,13H2,1H3. The molecule has 0 aliphatic heterocycles. The molecule has 4 aromatic rings. The zero-order valence-electron chi connectivity index (χ0n) is 17.4. The fraction of sp³-hybridized carbons (Fsp3) is 0.143. The molecule has 0 unspecified atom stereocenters. The van der Waals surface area contributed by atoms with Gasteiger partial charge >= 0.3 is 189 Å². The van der Waals surface area contributed by atoms with Crippen LogP contribution in [0.25, 0.3) is 0 Å². The molecule has 0 aliphatic carbocycles.